The molecule has 26 heavy (non-hydrogen) atoms. The number of rotatable bonds is 4. The number of amides is 2. The van der Waals surface area contributed by atoms with Crippen molar-refractivity contribution in [2.24, 2.45) is 0 Å². The summed E-state index contributed by atoms with van der Waals surface area (Å²) < 4.78 is 0. The summed E-state index contributed by atoms with van der Waals surface area (Å²) in [6.45, 7) is 0. The van der Waals surface area contributed by atoms with E-state index in [1.165, 1.54) is 0 Å². The minimum atomic E-state index is -2.02. The van der Waals surface area contributed by atoms with Crippen molar-refractivity contribution in [3.05, 3.63) is 59.7 Å². The number of hydrogen-bond donors (Lipinski definition) is 4. The maximum absolute atomic E-state index is 12.6. The highest BCUT2D eigenvalue weighted by Crippen LogP contribution is 2.42. The first kappa shape index (κ1) is 16.4. The van der Waals surface area contributed by atoms with Crippen LogP contribution in [-0.2, 0) is 25.6 Å². The molecule has 7 heteroatoms. The smallest absolute Gasteiger partial charge is 0.261 e. The van der Waals surface area contributed by atoms with E-state index in [4.69, 9.17) is 0 Å². The molecule has 0 aliphatic carbocycles. The van der Waals surface area contributed by atoms with Crippen molar-refractivity contribution in [2.75, 3.05) is 10.6 Å². The Kier molecular flexibility index (Phi) is 3.47. The van der Waals surface area contributed by atoms with E-state index >= 15 is 0 Å². The van der Waals surface area contributed by atoms with Crippen LogP contribution in [0.25, 0.3) is 0 Å². The molecule has 0 bridgehead atoms. The first-order valence-corrected chi connectivity index (χ1v) is 8.13. The molecule has 4 N–H and O–H groups in total. The second-order valence-corrected chi connectivity index (χ2v) is 6.61. The van der Waals surface area contributed by atoms with Crippen LogP contribution >= 0.6 is 0 Å². The van der Waals surface area contributed by atoms with Crippen LogP contribution in [0.4, 0.5) is 11.4 Å². The van der Waals surface area contributed by atoms with Gasteiger partial charge >= 0.3 is 0 Å². The van der Waals surface area contributed by atoms with E-state index in [0.29, 0.717) is 22.5 Å². The van der Waals surface area contributed by atoms with Gasteiger partial charge in [-0.15, -0.1) is 0 Å². The van der Waals surface area contributed by atoms with Crippen molar-refractivity contribution in [2.45, 2.75) is 24.0 Å². The number of aliphatic hydroxyl groups is 2. The molecule has 2 aromatic rings. The molecule has 7 nitrogen and oxygen atoms in total. The molecule has 2 amide bonds. The molecular weight excluding hydrogens is 336 g/mol. The van der Waals surface area contributed by atoms with Gasteiger partial charge in [0.1, 0.15) is 5.78 Å². The van der Waals surface area contributed by atoms with E-state index in [0.717, 1.165) is 0 Å². The molecule has 2 aliphatic rings. The lowest BCUT2D eigenvalue weighted by Crippen LogP contribution is -2.41. The van der Waals surface area contributed by atoms with Gasteiger partial charge in [-0.05, 0) is 12.1 Å². The summed E-state index contributed by atoms with van der Waals surface area (Å²) in [6, 6.07) is 13.1. The number of para-hydroxylation sites is 2. The van der Waals surface area contributed by atoms with E-state index in [9.17, 15) is 24.6 Å². The number of carbonyl (C=O) groups is 3. The third-order valence-electron chi connectivity index (χ3n) is 4.90. The normalized spacial score (nSPS) is 26.1. The minimum Gasteiger partial charge on any atom is -0.375 e. The van der Waals surface area contributed by atoms with Gasteiger partial charge in [0.05, 0.1) is 0 Å². The number of anilines is 2. The molecule has 0 saturated carbocycles. The number of nitrogens with one attached hydrogen (secondary N) is 2. The maximum atomic E-state index is 12.6. The lowest BCUT2D eigenvalue weighted by Gasteiger charge is -2.24. The predicted octanol–water partition coefficient (Wildman–Crippen LogP) is 1.02. The highest BCUT2D eigenvalue weighted by molar-refractivity contribution is 6.09. The summed E-state index contributed by atoms with van der Waals surface area (Å²) in [7, 11) is 0. The van der Waals surface area contributed by atoms with Crippen molar-refractivity contribution < 1.29 is 24.6 Å². The number of hydrogen-bond acceptors (Lipinski definition) is 5. The average molecular weight is 352 g/mol. The fourth-order valence-electron chi connectivity index (χ4n) is 3.59. The van der Waals surface area contributed by atoms with Gasteiger partial charge in [-0.3, -0.25) is 14.4 Å². The van der Waals surface area contributed by atoms with Crippen LogP contribution in [0, 0.1) is 0 Å². The van der Waals surface area contributed by atoms with E-state index in [1.807, 2.05) is 0 Å². The molecule has 0 unspecified atom stereocenters. The van der Waals surface area contributed by atoms with Crippen LogP contribution in [-0.4, -0.2) is 27.8 Å². The number of carbonyl (C=O) groups excluding carboxylic acids is 3. The van der Waals surface area contributed by atoms with Gasteiger partial charge < -0.3 is 20.8 Å². The van der Waals surface area contributed by atoms with E-state index in [2.05, 4.69) is 10.6 Å². The number of fused-ring (bicyclic) bond motifs is 2. The Labute approximate surface area is 148 Å². The predicted molar refractivity (Wildman–Crippen MR) is 92.2 cm³/mol. The van der Waals surface area contributed by atoms with Crippen LogP contribution in [0.2, 0.25) is 0 Å². The first-order chi connectivity index (χ1) is 12.3. The summed E-state index contributed by atoms with van der Waals surface area (Å²) >= 11 is 0. The van der Waals surface area contributed by atoms with Gasteiger partial charge in [-0.1, -0.05) is 36.4 Å². The van der Waals surface area contributed by atoms with Gasteiger partial charge in [0.25, 0.3) is 11.8 Å². The molecule has 2 aromatic carbocycles. The molecule has 2 heterocycles. The molecule has 0 aromatic heterocycles. The van der Waals surface area contributed by atoms with Crippen LogP contribution in [0.3, 0.4) is 0 Å². The third kappa shape index (κ3) is 2.25. The first-order valence-electron chi connectivity index (χ1n) is 8.13. The number of Topliss-reactive ketones (excluding diaryl/α,β-unsaturated/α-hetero) is 1. The minimum absolute atomic E-state index is 0.307. The Morgan fingerprint density at radius 2 is 1.15 bits per heavy atom. The number of ketones is 1. The standard InChI is InChI=1S/C19H16N2O5/c22-11(9-18(25)12-5-1-3-7-14(12)20-16(18)23)10-19(26)13-6-2-4-8-15(13)21-17(19)24/h1-8,25-26H,9-10H2,(H,20,23)(H,21,24)/t18-,19-/m0/s1. The zero-order valence-electron chi connectivity index (χ0n) is 13.7. The maximum Gasteiger partial charge on any atom is 0.261 e. The van der Waals surface area contributed by atoms with Gasteiger partial charge in [-0.25, -0.2) is 0 Å². The van der Waals surface area contributed by atoms with Crippen molar-refractivity contribution >= 4 is 29.0 Å². The van der Waals surface area contributed by atoms with Gasteiger partial charge in [0.2, 0.25) is 0 Å². The number of benzene rings is 2. The summed E-state index contributed by atoms with van der Waals surface area (Å²) in [5.41, 5.74) is -2.54. The lowest BCUT2D eigenvalue weighted by atomic mass is 9.84. The van der Waals surface area contributed by atoms with Crippen molar-refractivity contribution in [1.82, 2.24) is 0 Å². The summed E-state index contributed by atoms with van der Waals surface area (Å²) in [6.07, 6.45) is -1.07. The van der Waals surface area contributed by atoms with Crippen molar-refractivity contribution in [1.29, 1.82) is 0 Å². The summed E-state index contributed by atoms with van der Waals surface area (Å²) in [4.78, 5) is 37.0. The molecule has 0 saturated heterocycles. The second kappa shape index (κ2) is 5.48. The van der Waals surface area contributed by atoms with E-state index < -0.39 is 41.6 Å². The molecule has 0 radical (unpaired) electrons. The Morgan fingerprint density at radius 1 is 0.769 bits per heavy atom. The van der Waals surface area contributed by atoms with Crippen LogP contribution in [0.15, 0.2) is 48.5 Å². The Balaban J connectivity index is 1.60. The zero-order valence-corrected chi connectivity index (χ0v) is 13.7. The van der Waals surface area contributed by atoms with Crippen LogP contribution in [0.5, 0.6) is 0 Å². The van der Waals surface area contributed by atoms with Crippen molar-refractivity contribution in [3.63, 3.8) is 0 Å². The van der Waals surface area contributed by atoms with Crippen LogP contribution in [0.1, 0.15) is 24.0 Å². The highest BCUT2D eigenvalue weighted by atomic mass is 16.3. The quantitative estimate of drug-likeness (QED) is 0.656. The Bertz CT molecular complexity index is 881. The largest absolute Gasteiger partial charge is 0.375 e. The van der Waals surface area contributed by atoms with Gasteiger partial charge in [0, 0.05) is 35.3 Å². The molecule has 2 atom stereocenters. The molecule has 0 fully saturated rings. The molecule has 4 rings (SSSR count). The lowest BCUT2D eigenvalue weighted by molar-refractivity contribution is -0.145. The highest BCUT2D eigenvalue weighted by Gasteiger charge is 2.50. The fourth-order valence-corrected chi connectivity index (χ4v) is 3.59. The van der Waals surface area contributed by atoms with Gasteiger partial charge in [-0.2, -0.15) is 0 Å². The SMILES string of the molecule is O=C(C[C@@]1(O)C(=O)Nc2ccccc21)C[C@@]1(O)C(=O)Nc2ccccc21. The Morgan fingerprint density at radius 3 is 1.58 bits per heavy atom. The molecule has 0 spiro atoms. The monoisotopic (exact) mass is 352 g/mol. The zero-order chi connectivity index (χ0) is 18.5. The van der Waals surface area contributed by atoms with Gasteiger partial charge in [0.15, 0.2) is 11.2 Å². The second-order valence-electron chi connectivity index (χ2n) is 6.61. The van der Waals surface area contributed by atoms with Crippen LogP contribution < -0.4 is 10.6 Å². The average Bonchev–Trinajstić information content (AvgIpc) is 3.00. The van der Waals surface area contributed by atoms with E-state index in [1.54, 1.807) is 48.5 Å². The molecule has 2 aliphatic heterocycles. The summed E-state index contributed by atoms with van der Waals surface area (Å²) in [5.74, 6) is -2.00. The van der Waals surface area contributed by atoms with Crippen molar-refractivity contribution in [3.8, 4) is 0 Å². The summed E-state index contributed by atoms with van der Waals surface area (Å²) in [5, 5.41) is 26.6. The molecule has 132 valence electrons. The topological polar surface area (TPSA) is 116 Å². The molecular formula is C19H16N2O5. The fraction of sp³-hybridized carbons (Fsp3) is 0.211. The third-order valence-corrected chi connectivity index (χ3v) is 4.90. The van der Waals surface area contributed by atoms with E-state index in [-0.39, 0.29) is 0 Å². The Hall–Kier alpha value is -3.03.